The van der Waals surface area contributed by atoms with E-state index < -0.39 is 18.8 Å². The monoisotopic (exact) mass is 258 g/mol. The molecular formula is C12H13F3N2O. The molecule has 1 aromatic rings. The van der Waals surface area contributed by atoms with Crippen LogP contribution < -0.4 is 10.1 Å². The van der Waals surface area contributed by atoms with E-state index in [4.69, 9.17) is 10.00 Å². The van der Waals surface area contributed by atoms with E-state index in [9.17, 15) is 13.2 Å². The van der Waals surface area contributed by atoms with Crippen LogP contribution in [0, 0.1) is 11.3 Å². The van der Waals surface area contributed by atoms with E-state index in [0.29, 0.717) is 17.9 Å². The van der Waals surface area contributed by atoms with Gasteiger partial charge in [0, 0.05) is 5.56 Å². The van der Waals surface area contributed by atoms with Crippen molar-refractivity contribution in [1.29, 1.82) is 5.26 Å². The number of para-hydroxylation sites is 1. The van der Waals surface area contributed by atoms with Crippen molar-refractivity contribution < 1.29 is 17.9 Å². The predicted molar refractivity (Wildman–Crippen MR) is 60.0 cm³/mol. The lowest BCUT2D eigenvalue weighted by Crippen LogP contribution is -2.31. The van der Waals surface area contributed by atoms with Crippen molar-refractivity contribution in [3.05, 3.63) is 29.8 Å². The highest BCUT2D eigenvalue weighted by Gasteiger charge is 2.29. The number of nitrogens with zero attached hydrogens (tertiary/aromatic N) is 1. The normalized spacial score (nSPS) is 12.8. The van der Waals surface area contributed by atoms with Crippen LogP contribution in [0.3, 0.4) is 0 Å². The highest BCUT2D eigenvalue weighted by molar-refractivity contribution is 5.38. The first-order valence-electron chi connectivity index (χ1n) is 5.39. The Labute approximate surface area is 103 Å². The van der Waals surface area contributed by atoms with Crippen LogP contribution in [0.5, 0.6) is 5.75 Å². The van der Waals surface area contributed by atoms with Crippen LogP contribution in [0.4, 0.5) is 13.2 Å². The largest absolute Gasteiger partial charge is 0.493 e. The zero-order valence-electron chi connectivity index (χ0n) is 9.79. The number of halogens is 3. The summed E-state index contributed by atoms with van der Waals surface area (Å²) >= 11 is 0. The van der Waals surface area contributed by atoms with Crippen LogP contribution in [0.15, 0.2) is 24.3 Å². The summed E-state index contributed by atoms with van der Waals surface area (Å²) in [7, 11) is 0. The minimum Gasteiger partial charge on any atom is -0.493 e. The smallest absolute Gasteiger partial charge is 0.401 e. The second-order valence-corrected chi connectivity index (χ2v) is 3.53. The molecule has 1 atom stereocenters. The molecule has 3 nitrogen and oxygen atoms in total. The molecule has 0 saturated heterocycles. The number of nitriles is 1. The molecule has 18 heavy (non-hydrogen) atoms. The first kappa shape index (κ1) is 14.3. The Bertz CT molecular complexity index is 426. The van der Waals surface area contributed by atoms with Gasteiger partial charge in [0.15, 0.2) is 0 Å². The van der Waals surface area contributed by atoms with Crippen molar-refractivity contribution in [2.45, 2.75) is 19.1 Å². The Kier molecular flexibility index (Phi) is 4.98. The van der Waals surface area contributed by atoms with Gasteiger partial charge < -0.3 is 4.74 Å². The summed E-state index contributed by atoms with van der Waals surface area (Å²) < 4.78 is 41.6. The van der Waals surface area contributed by atoms with Crippen LogP contribution in [-0.2, 0) is 0 Å². The molecule has 0 heterocycles. The van der Waals surface area contributed by atoms with Gasteiger partial charge in [0.1, 0.15) is 11.8 Å². The number of benzene rings is 1. The van der Waals surface area contributed by atoms with E-state index in [1.165, 1.54) is 0 Å². The number of hydrogen-bond donors (Lipinski definition) is 1. The average Bonchev–Trinajstić information content (AvgIpc) is 2.31. The third-order valence-corrected chi connectivity index (χ3v) is 2.17. The summed E-state index contributed by atoms with van der Waals surface area (Å²) in [6.45, 7) is 0.932. The summed E-state index contributed by atoms with van der Waals surface area (Å²) in [5.41, 5.74) is 0.408. The molecule has 0 spiro atoms. The molecule has 0 amide bonds. The molecule has 0 aliphatic rings. The summed E-state index contributed by atoms with van der Waals surface area (Å²) in [5, 5.41) is 11.1. The van der Waals surface area contributed by atoms with Gasteiger partial charge in [0.05, 0.1) is 19.2 Å². The second-order valence-electron chi connectivity index (χ2n) is 3.53. The van der Waals surface area contributed by atoms with E-state index in [1.807, 2.05) is 0 Å². The summed E-state index contributed by atoms with van der Waals surface area (Å²) in [6, 6.07) is 7.30. The molecule has 1 rings (SSSR count). The Balaban J connectivity index is 2.85. The molecule has 0 aliphatic heterocycles. The molecule has 0 fully saturated rings. The molecule has 98 valence electrons. The van der Waals surface area contributed by atoms with Crippen LogP contribution in [0.25, 0.3) is 0 Å². The first-order chi connectivity index (χ1) is 8.48. The molecular weight excluding hydrogens is 245 g/mol. The molecule has 6 heteroatoms. The van der Waals surface area contributed by atoms with E-state index in [-0.39, 0.29) is 0 Å². The summed E-state index contributed by atoms with van der Waals surface area (Å²) in [6.07, 6.45) is -4.35. The Hall–Kier alpha value is -1.74. The average molecular weight is 258 g/mol. The van der Waals surface area contributed by atoms with Crippen molar-refractivity contribution in [3.8, 4) is 11.8 Å². The Morgan fingerprint density at radius 1 is 1.39 bits per heavy atom. The fraction of sp³-hybridized carbons (Fsp3) is 0.417. The molecule has 0 saturated carbocycles. The van der Waals surface area contributed by atoms with Gasteiger partial charge in [0.2, 0.25) is 0 Å². The fourth-order valence-corrected chi connectivity index (χ4v) is 1.45. The zero-order chi connectivity index (χ0) is 13.6. The van der Waals surface area contributed by atoms with Crippen molar-refractivity contribution in [2.24, 2.45) is 0 Å². The van der Waals surface area contributed by atoms with Gasteiger partial charge in [-0.2, -0.15) is 18.4 Å². The van der Waals surface area contributed by atoms with Crippen LogP contribution in [0.1, 0.15) is 18.5 Å². The number of ether oxygens (including phenoxy) is 1. The van der Waals surface area contributed by atoms with Crippen LogP contribution >= 0.6 is 0 Å². The third kappa shape index (κ3) is 4.26. The van der Waals surface area contributed by atoms with E-state index in [2.05, 4.69) is 5.32 Å². The Morgan fingerprint density at radius 2 is 2.06 bits per heavy atom. The topological polar surface area (TPSA) is 45.0 Å². The maximum absolute atomic E-state index is 12.1. The fourth-order valence-electron chi connectivity index (χ4n) is 1.45. The second kappa shape index (κ2) is 6.26. The number of rotatable bonds is 5. The first-order valence-corrected chi connectivity index (χ1v) is 5.39. The van der Waals surface area contributed by atoms with Crippen LogP contribution in [-0.4, -0.2) is 19.3 Å². The molecule has 1 aromatic carbocycles. The standard InChI is InChI=1S/C12H13F3N2O/c1-2-18-11-6-4-3-5-9(11)10(7-16)17-8-12(13,14)15/h3-6,10,17H,2,8H2,1H3. The summed E-state index contributed by atoms with van der Waals surface area (Å²) in [5.74, 6) is 0.418. The van der Waals surface area contributed by atoms with Gasteiger partial charge >= 0.3 is 6.18 Å². The third-order valence-electron chi connectivity index (χ3n) is 2.17. The van der Waals surface area contributed by atoms with Gasteiger partial charge in [-0.25, -0.2) is 0 Å². The van der Waals surface area contributed by atoms with Crippen molar-refractivity contribution in [2.75, 3.05) is 13.2 Å². The quantitative estimate of drug-likeness (QED) is 0.883. The molecule has 0 radical (unpaired) electrons. The van der Waals surface area contributed by atoms with E-state index in [0.717, 1.165) is 0 Å². The van der Waals surface area contributed by atoms with Gasteiger partial charge in [-0.1, -0.05) is 18.2 Å². The maximum Gasteiger partial charge on any atom is 0.401 e. The van der Waals surface area contributed by atoms with E-state index >= 15 is 0 Å². The predicted octanol–water partition coefficient (Wildman–Crippen LogP) is 2.80. The lowest BCUT2D eigenvalue weighted by atomic mass is 10.1. The highest BCUT2D eigenvalue weighted by Crippen LogP contribution is 2.25. The Morgan fingerprint density at radius 3 is 2.61 bits per heavy atom. The molecule has 1 unspecified atom stereocenters. The van der Waals surface area contributed by atoms with Gasteiger partial charge in [0.25, 0.3) is 0 Å². The lowest BCUT2D eigenvalue weighted by Gasteiger charge is -2.16. The maximum atomic E-state index is 12.1. The molecule has 0 bridgehead atoms. The van der Waals surface area contributed by atoms with Gasteiger partial charge in [-0.3, -0.25) is 5.32 Å². The van der Waals surface area contributed by atoms with Crippen molar-refractivity contribution >= 4 is 0 Å². The molecule has 1 N–H and O–H groups in total. The highest BCUT2D eigenvalue weighted by atomic mass is 19.4. The SMILES string of the molecule is CCOc1ccccc1C(C#N)NCC(F)(F)F. The minimum atomic E-state index is -4.35. The van der Waals surface area contributed by atoms with Crippen molar-refractivity contribution in [3.63, 3.8) is 0 Å². The molecule has 0 aromatic heterocycles. The lowest BCUT2D eigenvalue weighted by molar-refractivity contribution is -0.125. The van der Waals surface area contributed by atoms with Crippen LogP contribution in [0.2, 0.25) is 0 Å². The molecule has 0 aliphatic carbocycles. The number of nitrogens with one attached hydrogen (secondary N) is 1. The van der Waals surface area contributed by atoms with Gasteiger partial charge in [-0.15, -0.1) is 0 Å². The van der Waals surface area contributed by atoms with E-state index in [1.54, 1.807) is 37.3 Å². The zero-order valence-corrected chi connectivity index (χ0v) is 9.79. The number of hydrogen-bond acceptors (Lipinski definition) is 3. The van der Waals surface area contributed by atoms with Crippen molar-refractivity contribution in [1.82, 2.24) is 5.32 Å². The minimum absolute atomic E-state index is 0.383. The number of alkyl halides is 3. The van der Waals surface area contributed by atoms with Gasteiger partial charge in [-0.05, 0) is 13.0 Å². The summed E-state index contributed by atoms with van der Waals surface area (Å²) in [4.78, 5) is 0.